The fourth-order valence-corrected chi connectivity index (χ4v) is 4.81. The van der Waals surface area contributed by atoms with E-state index in [1.165, 1.54) is 23.0 Å². The Hall–Kier alpha value is -3.50. The third-order valence-electron chi connectivity index (χ3n) is 4.79. The van der Waals surface area contributed by atoms with Gasteiger partial charge < -0.3 is 19.5 Å². The molecular weight excluding hydrogens is 462 g/mol. The highest BCUT2D eigenvalue weighted by atomic mass is 32.2. The van der Waals surface area contributed by atoms with E-state index >= 15 is 0 Å². The number of rotatable bonds is 8. The second kappa shape index (κ2) is 9.97. The first-order chi connectivity index (χ1) is 16.0. The number of anilines is 1. The molecule has 0 saturated carbocycles. The van der Waals surface area contributed by atoms with Gasteiger partial charge in [0.15, 0.2) is 5.16 Å². The normalized spacial score (nSPS) is 10.8. The molecule has 0 unspecified atom stereocenters. The van der Waals surface area contributed by atoms with Crippen LogP contribution in [0.3, 0.4) is 0 Å². The molecule has 4 aromatic rings. The lowest BCUT2D eigenvalue weighted by Crippen LogP contribution is -2.22. The third kappa shape index (κ3) is 4.67. The first kappa shape index (κ1) is 22.7. The van der Waals surface area contributed by atoms with Gasteiger partial charge in [-0.15, -0.1) is 11.3 Å². The monoisotopic (exact) mass is 483 g/mol. The highest BCUT2D eigenvalue weighted by molar-refractivity contribution is 7.99. The Morgan fingerprint density at radius 2 is 1.85 bits per heavy atom. The van der Waals surface area contributed by atoms with Crippen molar-refractivity contribution in [3.8, 4) is 22.9 Å². The summed E-state index contributed by atoms with van der Waals surface area (Å²) in [7, 11) is 4.62. The van der Waals surface area contributed by atoms with Crippen molar-refractivity contribution >= 4 is 44.9 Å². The molecule has 0 spiro atoms. The Morgan fingerprint density at radius 1 is 1.06 bits per heavy atom. The summed E-state index contributed by atoms with van der Waals surface area (Å²) in [6.45, 7) is 0. The lowest BCUT2D eigenvalue weighted by molar-refractivity contribution is -0.113. The van der Waals surface area contributed by atoms with Crippen molar-refractivity contribution in [3.05, 3.63) is 64.3 Å². The van der Waals surface area contributed by atoms with Crippen LogP contribution in [0, 0.1) is 0 Å². The summed E-state index contributed by atoms with van der Waals surface area (Å²) in [6.07, 6.45) is 0. The molecule has 10 heteroatoms. The molecule has 2 aromatic heterocycles. The molecule has 0 radical (unpaired) electrons. The van der Waals surface area contributed by atoms with Crippen molar-refractivity contribution in [2.75, 3.05) is 32.4 Å². The number of para-hydroxylation sites is 2. The average molecular weight is 484 g/mol. The zero-order valence-electron chi connectivity index (χ0n) is 18.2. The van der Waals surface area contributed by atoms with Gasteiger partial charge in [0.1, 0.15) is 21.9 Å². The summed E-state index contributed by atoms with van der Waals surface area (Å²) in [6, 6.07) is 14.1. The summed E-state index contributed by atoms with van der Waals surface area (Å²) in [4.78, 5) is 30.7. The van der Waals surface area contributed by atoms with Gasteiger partial charge in [-0.3, -0.25) is 14.2 Å². The number of carbonyl (C=O) groups is 1. The maximum atomic E-state index is 13.3. The summed E-state index contributed by atoms with van der Waals surface area (Å²) >= 11 is 2.49. The molecule has 0 saturated heterocycles. The first-order valence-electron chi connectivity index (χ1n) is 9.84. The zero-order valence-corrected chi connectivity index (χ0v) is 19.8. The van der Waals surface area contributed by atoms with E-state index in [1.807, 2.05) is 17.5 Å². The molecule has 0 fully saturated rings. The lowest BCUT2D eigenvalue weighted by Gasteiger charge is -2.15. The molecular formula is C23H21N3O5S2. The van der Waals surface area contributed by atoms with Crippen LogP contribution in [0.4, 0.5) is 5.69 Å². The summed E-state index contributed by atoms with van der Waals surface area (Å²) in [5.74, 6) is 1.38. The fourth-order valence-electron chi connectivity index (χ4n) is 3.24. The number of carbonyl (C=O) groups excluding carboxylic acids is 1. The molecule has 33 heavy (non-hydrogen) atoms. The number of hydrogen-bond acceptors (Lipinski definition) is 8. The van der Waals surface area contributed by atoms with Gasteiger partial charge in [0.2, 0.25) is 5.91 Å². The van der Waals surface area contributed by atoms with Gasteiger partial charge in [-0.1, -0.05) is 23.9 Å². The van der Waals surface area contributed by atoms with Gasteiger partial charge in [-0.25, -0.2) is 4.98 Å². The maximum Gasteiger partial charge on any atom is 0.276 e. The van der Waals surface area contributed by atoms with Crippen LogP contribution >= 0.6 is 23.1 Å². The van der Waals surface area contributed by atoms with E-state index in [-0.39, 0.29) is 17.2 Å². The number of hydrogen-bond donors (Lipinski definition) is 1. The fraction of sp³-hybridized carbons (Fsp3) is 0.174. The van der Waals surface area contributed by atoms with Crippen molar-refractivity contribution in [2.24, 2.45) is 0 Å². The smallest absolute Gasteiger partial charge is 0.276 e. The van der Waals surface area contributed by atoms with Crippen LogP contribution in [-0.2, 0) is 4.79 Å². The topological polar surface area (TPSA) is 91.7 Å². The molecule has 0 bridgehead atoms. The van der Waals surface area contributed by atoms with Crippen molar-refractivity contribution in [2.45, 2.75) is 5.16 Å². The van der Waals surface area contributed by atoms with Crippen LogP contribution in [-0.4, -0.2) is 42.5 Å². The molecule has 170 valence electrons. The number of aromatic nitrogens is 2. The molecule has 0 aliphatic heterocycles. The quantitative estimate of drug-likeness (QED) is 0.297. The van der Waals surface area contributed by atoms with Gasteiger partial charge in [0.05, 0.1) is 44.0 Å². The van der Waals surface area contributed by atoms with Crippen molar-refractivity contribution in [1.29, 1.82) is 0 Å². The molecule has 1 N–H and O–H groups in total. The Balaban J connectivity index is 1.65. The van der Waals surface area contributed by atoms with Crippen LogP contribution in [0.2, 0.25) is 0 Å². The van der Waals surface area contributed by atoms with Crippen LogP contribution in [0.25, 0.3) is 15.9 Å². The van der Waals surface area contributed by atoms with Gasteiger partial charge in [-0.2, -0.15) is 0 Å². The number of methoxy groups -OCH3 is 3. The Bertz CT molecular complexity index is 1370. The molecule has 0 aliphatic rings. The SMILES string of the molecule is COc1ccc(OC)c(NC(=O)CSc2nc3ccsc3c(=O)n2-c2ccccc2OC)c1. The van der Waals surface area contributed by atoms with Crippen molar-refractivity contribution in [1.82, 2.24) is 9.55 Å². The minimum Gasteiger partial charge on any atom is -0.497 e. The molecule has 8 nitrogen and oxygen atoms in total. The molecule has 4 rings (SSSR count). The van der Waals surface area contributed by atoms with E-state index in [2.05, 4.69) is 10.3 Å². The summed E-state index contributed by atoms with van der Waals surface area (Å²) in [5.41, 5.74) is 1.43. The van der Waals surface area contributed by atoms with E-state index in [4.69, 9.17) is 14.2 Å². The highest BCUT2D eigenvalue weighted by Crippen LogP contribution is 2.30. The third-order valence-corrected chi connectivity index (χ3v) is 6.62. The largest absolute Gasteiger partial charge is 0.497 e. The van der Waals surface area contributed by atoms with Crippen LogP contribution in [0.1, 0.15) is 0 Å². The molecule has 0 atom stereocenters. The number of amides is 1. The van der Waals surface area contributed by atoms with E-state index < -0.39 is 0 Å². The first-order valence-corrected chi connectivity index (χ1v) is 11.7. The minimum atomic E-state index is -0.280. The number of nitrogens with zero attached hydrogens (tertiary/aromatic N) is 2. The van der Waals surface area contributed by atoms with Gasteiger partial charge in [0, 0.05) is 6.07 Å². The average Bonchev–Trinajstić information content (AvgIpc) is 3.32. The molecule has 2 heterocycles. The number of thioether (sulfide) groups is 1. The van der Waals surface area contributed by atoms with E-state index in [0.717, 1.165) is 11.8 Å². The lowest BCUT2D eigenvalue weighted by atomic mass is 10.2. The molecule has 2 aromatic carbocycles. The Labute approximate surface area is 198 Å². The maximum absolute atomic E-state index is 13.3. The number of benzene rings is 2. The van der Waals surface area contributed by atoms with Gasteiger partial charge in [-0.05, 0) is 35.7 Å². The number of nitrogens with one attached hydrogen (secondary N) is 1. The zero-order chi connectivity index (χ0) is 23.4. The van der Waals surface area contributed by atoms with E-state index in [1.54, 1.807) is 50.6 Å². The minimum absolute atomic E-state index is 0.0254. The number of thiophene rings is 1. The second-order valence-corrected chi connectivity index (χ2v) is 8.60. The van der Waals surface area contributed by atoms with Crippen LogP contribution < -0.4 is 25.1 Å². The van der Waals surface area contributed by atoms with Gasteiger partial charge >= 0.3 is 0 Å². The summed E-state index contributed by atoms with van der Waals surface area (Å²) in [5, 5.41) is 5.05. The highest BCUT2D eigenvalue weighted by Gasteiger charge is 2.18. The Kier molecular flexibility index (Phi) is 6.85. The van der Waals surface area contributed by atoms with E-state index in [0.29, 0.717) is 44.0 Å². The van der Waals surface area contributed by atoms with Crippen molar-refractivity contribution in [3.63, 3.8) is 0 Å². The number of fused-ring (bicyclic) bond motifs is 1. The van der Waals surface area contributed by atoms with Crippen molar-refractivity contribution < 1.29 is 19.0 Å². The van der Waals surface area contributed by atoms with Crippen LogP contribution in [0.15, 0.2) is 63.9 Å². The second-order valence-electron chi connectivity index (χ2n) is 6.74. The van der Waals surface area contributed by atoms with Gasteiger partial charge in [0.25, 0.3) is 5.56 Å². The predicted molar refractivity (Wildman–Crippen MR) is 131 cm³/mol. The summed E-state index contributed by atoms with van der Waals surface area (Å²) < 4.78 is 18.0. The standard InChI is InChI=1S/C23H21N3O5S2/c1-29-14-8-9-18(30-2)16(12-14)24-20(27)13-33-23-25-15-10-11-32-21(15)22(28)26(23)17-6-4-5-7-19(17)31-3/h4-12H,13H2,1-3H3,(H,24,27). The molecule has 0 aliphatic carbocycles. The predicted octanol–water partition coefficient (Wildman–Crippen LogP) is 4.20. The van der Waals surface area contributed by atoms with E-state index in [9.17, 15) is 9.59 Å². The van der Waals surface area contributed by atoms with Crippen LogP contribution in [0.5, 0.6) is 17.2 Å². The Morgan fingerprint density at radius 3 is 2.61 bits per heavy atom. The number of ether oxygens (including phenoxy) is 3. The molecule has 1 amide bonds.